The second kappa shape index (κ2) is 6.63. The molecular weight excluding hydrogens is 298 g/mol. The maximum absolute atomic E-state index is 12.3. The van der Waals surface area contributed by atoms with Crippen LogP contribution in [0.25, 0.3) is 0 Å². The SMILES string of the molecule is CC(C)(C)c1ccc(NC(=O)c2ccc(N3CCCC3)cn2)cc1. The fourth-order valence-corrected chi connectivity index (χ4v) is 2.93. The number of carbonyl (C=O) groups is 1. The van der Waals surface area contributed by atoms with Crippen molar-refractivity contribution in [3.63, 3.8) is 0 Å². The van der Waals surface area contributed by atoms with Gasteiger partial charge in [0.05, 0.1) is 11.9 Å². The molecule has 0 saturated carbocycles. The molecule has 1 amide bonds. The van der Waals surface area contributed by atoms with Crippen molar-refractivity contribution in [1.82, 2.24) is 4.98 Å². The minimum absolute atomic E-state index is 0.107. The number of amides is 1. The quantitative estimate of drug-likeness (QED) is 0.919. The predicted octanol–water partition coefficient (Wildman–Crippen LogP) is 4.23. The van der Waals surface area contributed by atoms with Gasteiger partial charge in [0.1, 0.15) is 5.69 Å². The first kappa shape index (κ1) is 16.5. The third-order valence-corrected chi connectivity index (χ3v) is 4.46. The van der Waals surface area contributed by atoms with Gasteiger partial charge in [-0.05, 0) is 48.1 Å². The molecule has 2 aromatic rings. The Balaban J connectivity index is 1.66. The standard InChI is InChI=1S/C20H25N3O/c1-20(2,3)15-6-8-16(9-7-15)22-19(24)18-11-10-17(14-21-18)23-12-4-5-13-23/h6-11,14H,4-5,12-13H2,1-3H3,(H,22,24). The molecule has 1 N–H and O–H groups in total. The number of rotatable bonds is 3. The molecule has 2 heterocycles. The molecular formula is C20H25N3O. The third kappa shape index (κ3) is 3.75. The first-order valence-corrected chi connectivity index (χ1v) is 8.56. The Morgan fingerprint density at radius 3 is 2.25 bits per heavy atom. The maximum atomic E-state index is 12.3. The number of benzene rings is 1. The van der Waals surface area contributed by atoms with E-state index in [9.17, 15) is 4.79 Å². The average Bonchev–Trinajstić information content (AvgIpc) is 3.09. The van der Waals surface area contributed by atoms with Crippen molar-refractivity contribution in [2.45, 2.75) is 39.0 Å². The Morgan fingerprint density at radius 1 is 1.04 bits per heavy atom. The number of anilines is 2. The highest BCUT2D eigenvalue weighted by Crippen LogP contribution is 2.24. The molecule has 24 heavy (non-hydrogen) atoms. The maximum Gasteiger partial charge on any atom is 0.274 e. The molecule has 1 fully saturated rings. The highest BCUT2D eigenvalue weighted by molar-refractivity contribution is 6.02. The molecule has 1 aliphatic heterocycles. The monoisotopic (exact) mass is 323 g/mol. The van der Waals surface area contributed by atoms with Crippen molar-refractivity contribution in [3.05, 3.63) is 53.9 Å². The molecule has 1 aliphatic rings. The summed E-state index contributed by atoms with van der Waals surface area (Å²) in [4.78, 5) is 19.0. The van der Waals surface area contributed by atoms with Crippen LogP contribution in [0.5, 0.6) is 0 Å². The lowest BCUT2D eigenvalue weighted by molar-refractivity contribution is 0.102. The van der Waals surface area contributed by atoms with Gasteiger partial charge in [-0.25, -0.2) is 4.98 Å². The lowest BCUT2D eigenvalue weighted by atomic mass is 9.87. The number of pyridine rings is 1. The Labute approximate surface area is 143 Å². The van der Waals surface area contributed by atoms with E-state index in [-0.39, 0.29) is 11.3 Å². The summed E-state index contributed by atoms with van der Waals surface area (Å²) in [6, 6.07) is 11.8. The zero-order chi connectivity index (χ0) is 17.2. The van der Waals surface area contributed by atoms with Crippen LogP contribution in [0.1, 0.15) is 49.7 Å². The van der Waals surface area contributed by atoms with Crippen molar-refractivity contribution < 1.29 is 4.79 Å². The van der Waals surface area contributed by atoms with Crippen molar-refractivity contribution in [3.8, 4) is 0 Å². The summed E-state index contributed by atoms with van der Waals surface area (Å²) in [6.45, 7) is 8.67. The van der Waals surface area contributed by atoms with Crippen LogP contribution in [-0.2, 0) is 5.41 Å². The Kier molecular flexibility index (Phi) is 4.56. The topological polar surface area (TPSA) is 45.2 Å². The molecule has 1 aromatic heterocycles. The molecule has 0 spiro atoms. The van der Waals surface area contributed by atoms with Gasteiger partial charge in [-0.3, -0.25) is 4.79 Å². The molecule has 4 heteroatoms. The van der Waals surface area contributed by atoms with Gasteiger partial charge in [0, 0.05) is 18.8 Å². The van der Waals surface area contributed by atoms with E-state index in [1.54, 1.807) is 12.3 Å². The van der Waals surface area contributed by atoms with Gasteiger partial charge in [-0.1, -0.05) is 32.9 Å². The number of carbonyl (C=O) groups excluding carboxylic acids is 1. The van der Waals surface area contributed by atoms with Crippen molar-refractivity contribution in [1.29, 1.82) is 0 Å². The highest BCUT2D eigenvalue weighted by atomic mass is 16.1. The molecule has 0 unspecified atom stereocenters. The fourth-order valence-electron chi connectivity index (χ4n) is 2.93. The van der Waals surface area contributed by atoms with Gasteiger partial charge in [0.25, 0.3) is 5.91 Å². The van der Waals surface area contributed by atoms with E-state index in [0.717, 1.165) is 24.5 Å². The van der Waals surface area contributed by atoms with E-state index in [2.05, 4.69) is 48.1 Å². The largest absolute Gasteiger partial charge is 0.370 e. The van der Waals surface area contributed by atoms with Crippen LogP contribution < -0.4 is 10.2 Å². The molecule has 1 aromatic carbocycles. The lowest BCUT2D eigenvalue weighted by Gasteiger charge is -2.19. The summed E-state index contributed by atoms with van der Waals surface area (Å²) in [5.41, 5.74) is 3.68. The van der Waals surface area contributed by atoms with E-state index in [0.29, 0.717) is 5.69 Å². The van der Waals surface area contributed by atoms with Gasteiger partial charge in [-0.2, -0.15) is 0 Å². The van der Waals surface area contributed by atoms with Crippen LogP contribution in [0.4, 0.5) is 11.4 Å². The Bertz CT molecular complexity index is 693. The minimum Gasteiger partial charge on any atom is -0.370 e. The molecule has 1 saturated heterocycles. The van der Waals surface area contributed by atoms with E-state index < -0.39 is 0 Å². The summed E-state index contributed by atoms with van der Waals surface area (Å²) < 4.78 is 0. The minimum atomic E-state index is -0.175. The van der Waals surface area contributed by atoms with E-state index in [1.165, 1.54) is 18.4 Å². The second-order valence-corrected chi connectivity index (χ2v) is 7.38. The molecule has 0 atom stereocenters. The van der Waals surface area contributed by atoms with Crippen molar-refractivity contribution in [2.24, 2.45) is 0 Å². The van der Waals surface area contributed by atoms with Gasteiger partial charge < -0.3 is 10.2 Å². The van der Waals surface area contributed by atoms with Crippen LogP contribution in [0.3, 0.4) is 0 Å². The van der Waals surface area contributed by atoms with E-state index in [4.69, 9.17) is 0 Å². The molecule has 0 bridgehead atoms. The van der Waals surface area contributed by atoms with Gasteiger partial charge in [0.2, 0.25) is 0 Å². The highest BCUT2D eigenvalue weighted by Gasteiger charge is 2.15. The summed E-state index contributed by atoms with van der Waals surface area (Å²) in [5, 5.41) is 2.91. The number of hydrogen-bond donors (Lipinski definition) is 1. The normalized spacial score (nSPS) is 14.7. The van der Waals surface area contributed by atoms with Crippen LogP contribution in [0.15, 0.2) is 42.6 Å². The summed E-state index contributed by atoms with van der Waals surface area (Å²) in [7, 11) is 0. The zero-order valence-electron chi connectivity index (χ0n) is 14.7. The van der Waals surface area contributed by atoms with Gasteiger partial charge in [-0.15, -0.1) is 0 Å². The molecule has 3 rings (SSSR count). The third-order valence-electron chi connectivity index (χ3n) is 4.46. The van der Waals surface area contributed by atoms with Gasteiger partial charge >= 0.3 is 0 Å². The van der Waals surface area contributed by atoms with E-state index >= 15 is 0 Å². The lowest BCUT2D eigenvalue weighted by Crippen LogP contribution is -2.19. The smallest absolute Gasteiger partial charge is 0.274 e. The molecule has 0 aliphatic carbocycles. The first-order valence-electron chi connectivity index (χ1n) is 8.56. The average molecular weight is 323 g/mol. The second-order valence-electron chi connectivity index (χ2n) is 7.38. The van der Waals surface area contributed by atoms with Crippen LogP contribution >= 0.6 is 0 Å². The Morgan fingerprint density at radius 2 is 1.71 bits per heavy atom. The van der Waals surface area contributed by atoms with Crippen molar-refractivity contribution in [2.75, 3.05) is 23.3 Å². The first-order chi connectivity index (χ1) is 11.4. The number of nitrogens with one attached hydrogen (secondary N) is 1. The predicted molar refractivity (Wildman–Crippen MR) is 98.8 cm³/mol. The summed E-state index contributed by atoms with van der Waals surface area (Å²) >= 11 is 0. The Hall–Kier alpha value is -2.36. The number of hydrogen-bond acceptors (Lipinski definition) is 3. The fraction of sp³-hybridized carbons (Fsp3) is 0.400. The van der Waals surface area contributed by atoms with Gasteiger partial charge in [0.15, 0.2) is 0 Å². The number of nitrogens with zero attached hydrogens (tertiary/aromatic N) is 2. The molecule has 126 valence electrons. The van der Waals surface area contributed by atoms with E-state index in [1.807, 2.05) is 18.2 Å². The van der Waals surface area contributed by atoms with Crippen molar-refractivity contribution >= 4 is 17.3 Å². The zero-order valence-corrected chi connectivity index (χ0v) is 14.7. The number of aromatic nitrogens is 1. The molecule has 4 nitrogen and oxygen atoms in total. The molecule has 0 radical (unpaired) electrons. The van der Waals surface area contributed by atoms with Crippen LogP contribution in [-0.4, -0.2) is 24.0 Å². The van der Waals surface area contributed by atoms with Crippen LogP contribution in [0, 0.1) is 0 Å². The summed E-state index contributed by atoms with van der Waals surface area (Å²) in [6.07, 6.45) is 4.25. The van der Waals surface area contributed by atoms with Crippen LogP contribution in [0.2, 0.25) is 0 Å². The summed E-state index contributed by atoms with van der Waals surface area (Å²) in [5.74, 6) is -0.175.